The van der Waals surface area contributed by atoms with Gasteiger partial charge in [0.15, 0.2) is 0 Å². The van der Waals surface area contributed by atoms with E-state index in [4.69, 9.17) is 10.5 Å². The molecule has 0 unspecified atom stereocenters. The zero-order valence-electron chi connectivity index (χ0n) is 14.3. The van der Waals surface area contributed by atoms with E-state index in [1.807, 2.05) is 6.92 Å². The van der Waals surface area contributed by atoms with Gasteiger partial charge in [0.25, 0.3) is 15.3 Å². The SMILES string of the molecule is COc1ccc(N/C(CSC(N)=O)=N\S(=O)(=O)c2ccc(C)cc2)cc1. The summed E-state index contributed by atoms with van der Waals surface area (Å²) in [6.07, 6.45) is 0. The summed E-state index contributed by atoms with van der Waals surface area (Å²) in [7, 11) is -2.37. The van der Waals surface area contributed by atoms with E-state index in [0.717, 1.165) is 17.3 Å². The minimum absolute atomic E-state index is 0.00749. The Labute approximate surface area is 156 Å². The number of nitrogens with one attached hydrogen (secondary N) is 1. The summed E-state index contributed by atoms with van der Waals surface area (Å²) in [5, 5.41) is 2.29. The van der Waals surface area contributed by atoms with Gasteiger partial charge in [0.05, 0.1) is 17.8 Å². The van der Waals surface area contributed by atoms with Crippen LogP contribution in [0.1, 0.15) is 5.56 Å². The van der Waals surface area contributed by atoms with Gasteiger partial charge in [-0.3, -0.25) is 4.79 Å². The molecule has 0 saturated heterocycles. The number of anilines is 1. The van der Waals surface area contributed by atoms with Crippen molar-refractivity contribution in [1.82, 2.24) is 0 Å². The van der Waals surface area contributed by atoms with Crippen LogP contribution in [0.15, 0.2) is 57.8 Å². The van der Waals surface area contributed by atoms with Gasteiger partial charge in [-0.1, -0.05) is 29.5 Å². The van der Waals surface area contributed by atoms with Crippen LogP contribution in [0.5, 0.6) is 5.75 Å². The number of nitrogens with zero attached hydrogens (tertiary/aromatic N) is 1. The van der Waals surface area contributed by atoms with Crippen molar-refractivity contribution in [1.29, 1.82) is 0 Å². The Hall–Kier alpha value is -2.52. The largest absolute Gasteiger partial charge is 0.497 e. The van der Waals surface area contributed by atoms with Crippen LogP contribution in [0.25, 0.3) is 0 Å². The number of amides is 1. The Morgan fingerprint density at radius 2 is 1.77 bits per heavy atom. The molecule has 0 radical (unpaired) electrons. The fourth-order valence-corrected chi connectivity index (χ4v) is 3.46. The average Bonchev–Trinajstić information content (AvgIpc) is 2.60. The number of methoxy groups -OCH3 is 1. The Kier molecular flexibility index (Phi) is 6.64. The van der Waals surface area contributed by atoms with Crippen LogP contribution in [0, 0.1) is 6.92 Å². The van der Waals surface area contributed by atoms with E-state index in [9.17, 15) is 13.2 Å². The summed E-state index contributed by atoms with van der Waals surface area (Å²) in [5.74, 6) is 0.749. The molecule has 0 saturated carbocycles. The topological polar surface area (TPSA) is 111 Å². The Morgan fingerprint density at radius 1 is 1.15 bits per heavy atom. The zero-order chi connectivity index (χ0) is 19.2. The second-order valence-corrected chi connectivity index (χ2v) is 7.87. The van der Waals surface area contributed by atoms with Crippen LogP contribution < -0.4 is 15.8 Å². The molecular formula is C17H19N3O4S2. The number of hydrogen-bond acceptors (Lipinski definition) is 5. The number of carbonyl (C=O) groups excluding carboxylic acids is 1. The normalized spacial score (nSPS) is 11.8. The first-order valence-electron chi connectivity index (χ1n) is 7.54. The highest BCUT2D eigenvalue weighted by atomic mass is 32.2. The molecule has 0 fully saturated rings. The van der Waals surface area contributed by atoms with Crippen molar-refractivity contribution in [2.75, 3.05) is 18.2 Å². The van der Waals surface area contributed by atoms with Crippen LogP contribution in [0.3, 0.4) is 0 Å². The molecule has 138 valence electrons. The van der Waals surface area contributed by atoms with Gasteiger partial charge in [0, 0.05) is 5.69 Å². The number of rotatable bonds is 6. The third-order valence-corrected chi connectivity index (χ3v) is 5.31. The molecule has 0 atom stereocenters. The van der Waals surface area contributed by atoms with Crippen molar-refractivity contribution >= 4 is 38.5 Å². The Bertz CT molecular complexity index is 893. The molecule has 0 aliphatic carbocycles. The standard InChI is InChI=1S/C17H19N3O4S2/c1-12-3-9-15(10-4-12)26(22,23)20-16(11-25-17(18)21)19-13-5-7-14(24-2)8-6-13/h3-10H,11H2,1-2H3,(H2,18,21)(H,19,20). The highest BCUT2D eigenvalue weighted by Gasteiger charge is 2.15. The summed E-state index contributed by atoms with van der Waals surface area (Å²) >= 11 is 0.761. The van der Waals surface area contributed by atoms with Crippen molar-refractivity contribution in [3.63, 3.8) is 0 Å². The Morgan fingerprint density at radius 3 is 2.31 bits per heavy atom. The molecule has 2 aromatic rings. The number of carbonyl (C=O) groups is 1. The van der Waals surface area contributed by atoms with Crippen molar-refractivity contribution in [3.8, 4) is 5.75 Å². The van der Waals surface area contributed by atoms with Gasteiger partial charge in [-0.15, -0.1) is 4.40 Å². The van der Waals surface area contributed by atoms with Gasteiger partial charge in [-0.05, 0) is 43.3 Å². The number of nitrogens with two attached hydrogens (primary N) is 1. The summed E-state index contributed by atoms with van der Waals surface area (Å²) in [6, 6.07) is 13.2. The zero-order valence-corrected chi connectivity index (χ0v) is 15.9. The van der Waals surface area contributed by atoms with Gasteiger partial charge in [0.1, 0.15) is 11.6 Å². The fourth-order valence-electron chi connectivity index (χ4n) is 1.97. The lowest BCUT2D eigenvalue weighted by atomic mass is 10.2. The highest BCUT2D eigenvalue weighted by molar-refractivity contribution is 8.14. The second kappa shape index (κ2) is 8.72. The number of hydrogen-bond donors (Lipinski definition) is 2. The maximum absolute atomic E-state index is 12.5. The van der Waals surface area contributed by atoms with Gasteiger partial charge in [0.2, 0.25) is 0 Å². The molecule has 0 heterocycles. The first-order valence-corrected chi connectivity index (χ1v) is 9.96. The number of sulfonamides is 1. The number of amidine groups is 1. The van der Waals surface area contributed by atoms with Gasteiger partial charge in [-0.2, -0.15) is 8.42 Å². The maximum Gasteiger partial charge on any atom is 0.283 e. The number of aryl methyl sites for hydroxylation is 1. The van der Waals surface area contributed by atoms with Crippen LogP contribution in [-0.4, -0.2) is 32.4 Å². The predicted octanol–water partition coefficient (Wildman–Crippen LogP) is 3.01. The van der Waals surface area contributed by atoms with E-state index in [1.165, 1.54) is 12.1 Å². The molecule has 2 rings (SSSR count). The van der Waals surface area contributed by atoms with E-state index >= 15 is 0 Å². The number of ether oxygens (including phenoxy) is 1. The molecule has 0 spiro atoms. The summed E-state index contributed by atoms with van der Waals surface area (Å²) in [4.78, 5) is 11.1. The highest BCUT2D eigenvalue weighted by Crippen LogP contribution is 2.18. The lowest BCUT2D eigenvalue weighted by Gasteiger charge is -2.10. The smallest absolute Gasteiger partial charge is 0.283 e. The summed E-state index contributed by atoms with van der Waals surface area (Å²) in [5.41, 5.74) is 6.68. The number of primary amides is 1. The second-order valence-electron chi connectivity index (χ2n) is 5.29. The van der Waals surface area contributed by atoms with Crippen molar-refractivity contribution in [2.45, 2.75) is 11.8 Å². The first kappa shape index (κ1) is 19.8. The summed E-state index contributed by atoms with van der Waals surface area (Å²) in [6.45, 7) is 1.86. The van der Waals surface area contributed by atoms with E-state index < -0.39 is 15.3 Å². The Balaban J connectivity index is 2.30. The van der Waals surface area contributed by atoms with Gasteiger partial charge in [-0.25, -0.2) is 0 Å². The van der Waals surface area contributed by atoms with Crippen molar-refractivity contribution in [2.24, 2.45) is 10.1 Å². The molecule has 2 aromatic carbocycles. The van der Waals surface area contributed by atoms with E-state index in [-0.39, 0.29) is 16.5 Å². The van der Waals surface area contributed by atoms with Gasteiger partial charge >= 0.3 is 0 Å². The molecule has 9 heteroatoms. The van der Waals surface area contributed by atoms with Crippen LogP contribution in [-0.2, 0) is 10.0 Å². The van der Waals surface area contributed by atoms with Crippen LogP contribution in [0.2, 0.25) is 0 Å². The fraction of sp³-hybridized carbons (Fsp3) is 0.176. The minimum atomic E-state index is -3.92. The average molecular weight is 393 g/mol. The predicted molar refractivity (Wildman–Crippen MR) is 104 cm³/mol. The maximum atomic E-state index is 12.5. The number of thioether (sulfide) groups is 1. The third-order valence-electron chi connectivity index (χ3n) is 3.28. The molecular weight excluding hydrogens is 374 g/mol. The molecule has 26 heavy (non-hydrogen) atoms. The third kappa shape index (κ3) is 5.78. The summed E-state index contributed by atoms with van der Waals surface area (Å²) < 4.78 is 34.0. The molecule has 7 nitrogen and oxygen atoms in total. The lowest BCUT2D eigenvalue weighted by molar-refractivity contribution is 0.267. The molecule has 3 N–H and O–H groups in total. The molecule has 0 bridgehead atoms. The van der Waals surface area contributed by atoms with Gasteiger partial charge < -0.3 is 15.8 Å². The van der Waals surface area contributed by atoms with Crippen LogP contribution >= 0.6 is 11.8 Å². The van der Waals surface area contributed by atoms with Crippen LogP contribution in [0.4, 0.5) is 10.5 Å². The molecule has 0 aromatic heterocycles. The van der Waals surface area contributed by atoms with E-state index in [0.29, 0.717) is 11.4 Å². The van der Waals surface area contributed by atoms with E-state index in [2.05, 4.69) is 9.71 Å². The quantitative estimate of drug-likeness (QED) is 0.576. The molecule has 1 amide bonds. The number of benzene rings is 2. The monoisotopic (exact) mass is 393 g/mol. The molecule has 0 aliphatic rings. The van der Waals surface area contributed by atoms with E-state index in [1.54, 1.807) is 43.5 Å². The minimum Gasteiger partial charge on any atom is -0.497 e. The first-order chi connectivity index (χ1) is 12.3. The van der Waals surface area contributed by atoms with Crippen molar-refractivity contribution < 1.29 is 17.9 Å². The lowest BCUT2D eigenvalue weighted by Crippen LogP contribution is -2.19. The molecule has 0 aliphatic heterocycles. The van der Waals surface area contributed by atoms with Crippen molar-refractivity contribution in [3.05, 3.63) is 54.1 Å².